The zero-order valence-electron chi connectivity index (χ0n) is 17.7. The highest BCUT2D eigenvalue weighted by atomic mass is 16.2. The van der Waals surface area contributed by atoms with Gasteiger partial charge in [-0.2, -0.15) is 0 Å². The van der Waals surface area contributed by atoms with Crippen molar-refractivity contribution in [1.29, 1.82) is 0 Å². The molecule has 6 heteroatoms. The van der Waals surface area contributed by atoms with Crippen molar-refractivity contribution in [3.8, 4) is 0 Å². The first-order valence-corrected chi connectivity index (χ1v) is 10.7. The first kappa shape index (κ1) is 19.9. The van der Waals surface area contributed by atoms with E-state index in [1.807, 2.05) is 52.8 Å². The Labute approximate surface area is 172 Å². The fourth-order valence-electron chi connectivity index (χ4n) is 5.80. The standard InChI is InChI=1S/C23H31N3O3/c1-4-24-13-10-23(21(24)29)16-26(18(3)27)15-22(23)8-11-25(12-9-22)20(28)19-7-5-6-17(2)14-19/h5-7,14H,4,8-13,15-16H2,1-3H3/t23-/m1/s1. The highest BCUT2D eigenvalue weighted by Crippen LogP contribution is 2.57. The van der Waals surface area contributed by atoms with Gasteiger partial charge in [-0.3, -0.25) is 14.4 Å². The molecule has 156 valence electrons. The number of carbonyl (C=O) groups is 3. The fraction of sp³-hybridized carbons (Fsp3) is 0.609. The summed E-state index contributed by atoms with van der Waals surface area (Å²) in [4.78, 5) is 44.3. The van der Waals surface area contributed by atoms with Crippen molar-refractivity contribution in [1.82, 2.24) is 14.7 Å². The number of hydrogen-bond donors (Lipinski definition) is 0. The first-order valence-electron chi connectivity index (χ1n) is 10.7. The number of amides is 3. The van der Waals surface area contributed by atoms with Gasteiger partial charge < -0.3 is 14.7 Å². The van der Waals surface area contributed by atoms with Gasteiger partial charge in [0.15, 0.2) is 0 Å². The van der Waals surface area contributed by atoms with Gasteiger partial charge in [-0.25, -0.2) is 0 Å². The predicted octanol–water partition coefficient (Wildman–Crippen LogP) is 2.32. The van der Waals surface area contributed by atoms with Crippen LogP contribution >= 0.6 is 0 Å². The van der Waals surface area contributed by atoms with E-state index < -0.39 is 5.41 Å². The van der Waals surface area contributed by atoms with Crippen molar-refractivity contribution in [2.45, 2.75) is 40.0 Å². The van der Waals surface area contributed by atoms with E-state index in [2.05, 4.69) is 0 Å². The highest BCUT2D eigenvalue weighted by molar-refractivity contribution is 5.94. The Morgan fingerprint density at radius 3 is 2.34 bits per heavy atom. The van der Waals surface area contributed by atoms with E-state index in [0.29, 0.717) is 32.7 Å². The second-order valence-corrected chi connectivity index (χ2v) is 9.03. The fourth-order valence-corrected chi connectivity index (χ4v) is 5.80. The summed E-state index contributed by atoms with van der Waals surface area (Å²) in [5.74, 6) is 0.316. The lowest BCUT2D eigenvalue weighted by atomic mass is 9.60. The normalized spacial score (nSPS) is 26.0. The number of piperidine rings is 1. The van der Waals surface area contributed by atoms with Crippen molar-refractivity contribution < 1.29 is 14.4 Å². The molecule has 3 aliphatic rings. The van der Waals surface area contributed by atoms with Gasteiger partial charge in [0, 0.05) is 57.2 Å². The van der Waals surface area contributed by atoms with Crippen LogP contribution in [0, 0.1) is 17.8 Å². The minimum absolute atomic E-state index is 0.0438. The predicted molar refractivity (Wildman–Crippen MR) is 110 cm³/mol. The lowest BCUT2D eigenvalue weighted by Gasteiger charge is -2.46. The molecule has 0 radical (unpaired) electrons. The Kier molecular flexibility index (Phi) is 4.91. The zero-order chi connectivity index (χ0) is 20.8. The maximum absolute atomic E-state index is 13.4. The molecule has 29 heavy (non-hydrogen) atoms. The van der Waals surface area contributed by atoms with E-state index in [-0.39, 0.29) is 23.1 Å². The van der Waals surface area contributed by atoms with Crippen LogP contribution in [0.15, 0.2) is 24.3 Å². The average Bonchev–Trinajstić information content (AvgIpc) is 3.21. The molecule has 1 aromatic rings. The minimum Gasteiger partial charge on any atom is -0.342 e. The number of carbonyl (C=O) groups excluding carboxylic acids is 3. The lowest BCUT2D eigenvalue weighted by molar-refractivity contribution is -0.141. The smallest absolute Gasteiger partial charge is 0.253 e. The molecule has 3 heterocycles. The van der Waals surface area contributed by atoms with Gasteiger partial charge in [0.25, 0.3) is 5.91 Å². The average molecular weight is 398 g/mol. The van der Waals surface area contributed by atoms with E-state index >= 15 is 0 Å². The van der Waals surface area contributed by atoms with Gasteiger partial charge in [-0.15, -0.1) is 0 Å². The first-order chi connectivity index (χ1) is 13.8. The van der Waals surface area contributed by atoms with E-state index in [0.717, 1.165) is 36.9 Å². The maximum Gasteiger partial charge on any atom is 0.253 e. The van der Waals surface area contributed by atoms with Crippen LogP contribution in [0.2, 0.25) is 0 Å². The summed E-state index contributed by atoms with van der Waals surface area (Å²) in [5, 5.41) is 0. The van der Waals surface area contributed by atoms with Crippen LogP contribution in [0.3, 0.4) is 0 Å². The Hall–Kier alpha value is -2.37. The van der Waals surface area contributed by atoms with Crippen LogP contribution in [-0.4, -0.2) is 71.7 Å². The summed E-state index contributed by atoms with van der Waals surface area (Å²) in [6, 6.07) is 7.71. The Balaban J connectivity index is 1.57. The molecule has 0 bridgehead atoms. The summed E-state index contributed by atoms with van der Waals surface area (Å²) in [6.45, 7) is 9.54. The molecule has 3 fully saturated rings. The lowest BCUT2D eigenvalue weighted by Crippen LogP contribution is -2.53. The molecule has 6 nitrogen and oxygen atoms in total. The molecule has 1 aromatic carbocycles. The van der Waals surface area contributed by atoms with Crippen molar-refractivity contribution in [3.05, 3.63) is 35.4 Å². The Morgan fingerprint density at radius 2 is 1.76 bits per heavy atom. The summed E-state index contributed by atoms with van der Waals surface area (Å²) in [5.41, 5.74) is 1.10. The molecule has 4 rings (SSSR count). The number of likely N-dealkylation sites (tertiary alicyclic amines) is 3. The number of benzene rings is 1. The van der Waals surface area contributed by atoms with Gasteiger partial charge in [-0.1, -0.05) is 17.7 Å². The summed E-state index contributed by atoms with van der Waals surface area (Å²) in [6.07, 6.45) is 2.37. The molecule has 0 N–H and O–H groups in total. The number of rotatable bonds is 2. The monoisotopic (exact) mass is 397 g/mol. The molecule has 3 aliphatic heterocycles. The van der Waals surface area contributed by atoms with Gasteiger partial charge in [0.2, 0.25) is 11.8 Å². The van der Waals surface area contributed by atoms with Crippen molar-refractivity contribution in [2.75, 3.05) is 39.3 Å². The van der Waals surface area contributed by atoms with Crippen LogP contribution in [0.5, 0.6) is 0 Å². The SMILES string of the molecule is CCN1CC[C@@]2(CN(C(C)=O)CC23CCN(C(=O)c2cccc(C)c2)CC3)C1=O. The van der Waals surface area contributed by atoms with Crippen LogP contribution in [0.1, 0.15) is 49.0 Å². The third-order valence-corrected chi connectivity index (χ3v) is 7.57. The van der Waals surface area contributed by atoms with Crippen LogP contribution < -0.4 is 0 Å². The largest absolute Gasteiger partial charge is 0.342 e. The third kappa shape index (κ3) is 3.04. The number of nitrogens with zero attached hydrogens (tertiary/aromatic N) is 3. The quantitative estimate of drug-likeness (QED) is 0.769. The van der Waals surface area contributed by atoms with Crippen LogP contribution in [0.25, 0.3) is 0 Å². The van der Waals surface area contributed by atoms with E-state index in [9.17, 15) is 14.4 Å². The molecule has 0 unspecified atom stereocenters. The van der Waals surface area contributed by atoms with Crippen LogP contribution in [0.4, 0.5) is 0 Å². The van der Waals surface area contributed by atoms with Gasteiger partial charge in [0.1, 0.15) is 0 Å². The van der Waals surface area contributed by atoms with E-state index in [4.69, 9.17) is 0 Å². The molecule has 0 aromatic heterocycles. The van der Waals surface area contributed by atoms with Crippen LogP contribution in [-0.2, 0) is 9.59 Å². The van der Waals surface area contributed by atoms with Crippen molar-refractivity contribution in [3.63, 3.8) is 0 Å². The van der Waals surface area contributed by atoms with Gasteiger partial charge in [-0.05, 0) is 45.2 Å². The Morgan fingerprint density at radius 1 is 1.03 bits per heavy atom. The molecule has 0 aliphatic carbocycles. The molecule has 2 spiro atoms. The number of aryl methyl sites for hydroxylation is 1. The van der Waals surface area contributed by atoms with E-state index in [1.54, 1.807) is 6.92 Å². The summed E-state index contributed by atoms with van der Waals surface area (Å²) in [7, 11) is 0. The van der Waals surface area contributed by atoms with Crippen molar-refractivity contribution in [2.24, 2.45) is 10.8 Å². The number of hydrogen-bond acceptors (Lipinski definition) is 3. The number of fused-ring (bicyclic) bond motifs is 1. The minimum atomic E-state index is -0.479. The summed E-state index contributed by atoms with van der Waals surface area (Å²) >= 11 is 0. The second-order valence-electron chi connectivity index (χ2n) is 9.03. The molecular formula is C23H31N3O3. The van der Waals surface area contributed by atoms with Crippen molar-refractivity contribution >= 4 is 17.7 Å². The van der Waals surface area contributed by atoms with Gasteiger partial charge >= 0.3 is 0 Å². The highest BCUT2D eigenvalue weighted by Gasteiger charge is 2.65. The second kappa shape index (κ2) is 7.15. The topological polar surface area (TPSA) is 60.9 Å². The molecule has 0 saturated carbocycles. The maximum atomic E-state index is 13.4. The molecule has 3 saturated heterocycles. The zero-order valence-corrected chi connectivity index (χ0v) is 17.7. The third-order valence-electron chi connectivity index (χ3n) is 7.57. The van der Waals surface area contributed by atoms with Gasteiger partial charge in [0.05, 0.1) is 5.41 Å². The van der Waals surface area contributed by atoms with E-state index in [1.165, 1.54) is 0 Å². The molecule has 3 amide bonds. The summed E-state index contributed by atoms with van der Waals surface area (Å²) < 4.78 is 0. The molecular weight excluding hydrogens is 366 g/mol. The molecule has 1 atom stereocenters. The Bertz CT molecular complexity index is 844.